The first-order chi connectivity index (χ1) is 13.0. The van der Waals surface area contributed by atoms with Crippen LogP contribution in [0.25, 0.3) is 11.2 Å². The maximum atomic E-state index is 14.1. The lowest BCUT2D eigenvalue weighted by molar-refractivity contribution is 0.0903. The van der Waals surface area contributed by atoms with Crippen molar-refractivity contribution in [1.29, 1.82) is 0 Å². The van der Waals surface area contributed by atoms with Gasteiger partial charge in [-0.2, -0.15) is 4.98 Å². The first kappa shape index (κ1) is 17.9. The molecule has 0 saturated carbocycles. The third-order valence-electron chi connectivity index (χ3n) is 4.45. The van der Waals surface area contributed by atoms with E-state index in [0.29, 0.717) is 30.3 Å². The Hall–Kier alpha value is -2.52. The van der Waals surface area contributed by atoms with E-state index in [1.54, 1.807) is 17.8 Å². The molecule has 10 heteroatoms. The van der Waals surface area contributed by atoms with E-state index in [1.165, 1.54) is 0 Å². The molecule has 0 aliphatic carbocycles. The molecule has 7 nitrogen and oxygen atoms in total. The first-order valence-corrected chi connectivity index (χ1v) is 8.85. The van der Waals surface area contributed by atoms with Gasteiger partial charge in [-0.25, -0.2) is 18.7 Å². The van der Waals surface area contributed by atoms with E-state index in [9.17, 15) is 8.78 Å². The molecule has 1 saturated heterocycles. The Bertz CT molecular complexity index is 989. The molecule has 2 aromatic heterocycles. The van der Waals surface area contributed by atoms with Crippen LogP contribution in [-0.2, 0) is 11.8 Å². The summed E-state index contributed by atoms with van der Waals surface area (Å²) in [5.41, 5.74) is 0.666. The second kappa shape index (κ2) is 7.24. The number of hydrogen-bond donors (Lipinski definition) is 2. The molecule has 0 amide bonds. The predicted molar refractivity (Wildman–Crippen MR) is 98.4 cm³/mol. The molecule has 1 aromatic carbocycles. The molecular formula is C17H17ClF2N6O. The SMILES string of the molecule is Cn1c(Nc2c(F)ccc(Cl)c2F)nc2cnc(NC3CCOCC3)nc21. The van der Waals surface area contributed by atoms with Crippen LogP contribution in [0.2, 0.25) is 5.02 Å². The third-order valence-corrected chi connectivity index (χ3v) is 4.74. The minimum atomic E-state index is -0.878. The van der Waals surface area contributed by atoms with Crippen LogP contribution in [0.15, 0.2) is 18.3 Å². The molecule has 3 aromatic rings. The smallest absolute Gasteiger partial charge is 0.224 e. The van der Waals surface area contributed by atoms with Crippen molar-refractivity contribution in [3.63, 3.8) is 0 Å². The van der Waals surface area contributed by atoms with Crippen molar-refractivity contribution in [2.75, 3.05) is 23.8 Å². The average Bonchev–Trinajstić information content (AvgIpc) is 2.98. The number of fused-ring (bicyclic) bond motifs is 1. The van der Waals surface area contributed by atoms with E-state index >= 15 is 0 Å². The van der Waals surface area contributed by atoms with Crippen molar-refractivity contribution in [2.24, 2.45) is 7.05 Å². The third kappa shape index (κ3) is 3.52. The molecule has 0 bridgehead atoms. The molecule has 1 fully saturated rings. The summed E-state index contributed by atoms with van der Waals surface area (Å²) in [5, 5.41) is 5.76. The molecule has 1 aliphatic heterocycles. The lowest BCUT2D eigenvalue weighted by Crippen LogP contribution is -2.28. The zero-order valence-corrected chi connectivity index (χ0v) is 15.2. The fourth-order valence-electron chi connectivity index (χ4n) is 2.94. The number of hydrogen-bond acceptors (Lipinski definition) is 6. The van der Waals surface area contributed by atoms with Crippen LogP contribution in [0.3, 0.4) is 0 Å². The van der Waals surface area contributed by atoms with Crippen molar-refractivity contribution in [3.05, 3.63) is 35.0 Å². The number of halogens is 3. The number of nitrogens with one attached hydrogen (secondary N) is 2. The number of aromatic nitrogens is 4. The Morgan fingerprint density at radius 2 is 2.00 bits per heavy atom. The van der Waals surface area contributed by atoms with Gasteiger partial charge in [-0.05, 0) is 25.0 Å². The summed E-state index contributed by atoms with van der Waals surface area (Å²) in [4.78, 5) is 13.1. The number of rotatable bonds is 4. The summed E-state index contributed by atoms with van der Waals surface area (Å²) in [6, 6.07) is 2.50. The summed E-state index contributed by atoms with van der Waals surface area (Å²) in [6.07, 6.45) is 3.33. The molecule has 0 atom stereocenters. The molecule has 142 valence electrons. The quantitative estimate of drug-likeness (QED) is 0.658. The van der Waals surface area contributed by atoms with E-state index in [-0.39, 0.29) is 22.7 Å². The molecule has 0 radical (unpaired) electrons. The minimum absolute atomic E-state index is 0.180. The maximum absolute atomic E-state index is 14.1. The van der Waals surface area contributed by atoms with Gasteiger partial charge in [-0.3, -0.25) is 4.57 Å². The number of ether oxygens (including phenoxy) is 1. The normalized spacial score (nSPS) is 15.3. The van der Waals surface area contributed by atoms with Crippen LogP contribution >= 0.6 is 11.6 Å². The van der Waals surface area contributed by atoms with Crippen molar-refractivity contribution >= 4 is 40.3 Å². The molecule has 1 aliphatic rings. The average molecular weight is 395 g/mol. The van der Waals surface area contributed by atoms with Crippen LogP contribution in [0, 0.1) is 11.6 Å². The maximum Gasteiger partial charge on any atom is 0.224 e. The molecule has 3 heterocycles. The van der Waals surface area contributed by atoms with Gasteiger partial charge in [0.25, 0.3) is 0 Å². The molecule has 2 N–H and O–H groups in total. The lowest BCUT2D eigenvalue weighted by atomic mass is 10.1. The van der Waals surface area contributed by atoms with Gasteiger partial charge in [0.05, 0.1) is 11.2 Å². The Labute approximate surface area is 158 Å². The number of anilines is 3. The van der Waals surface area contributed by atoms with Gasteiger partial charge in [-0.1, -0.05) is 11.6 Å². The Morgan fingerprint density at radius 3 is 2.78 bits per heavy atom. The lowest BCUT2D eigenvalue weighted by Gasteiger charge is -2.22. The van der Waals surface area contributed by atoms with Crippen LogP contribution in [0.1, 0.15) is 12.8 Å². The van der Waals surface area contributed by atoms with E-state index < -0.39 is 11.6 Å². The monoisotopic (exact) mass is 394 g/mol. The summed E-state index contributed by atoms with van der Waals surface area (Å²) in [5.74, 6) is -0.944. The summed E-state index contributed by atoms with van der Waals surface area (Å²) in [6.45, 7) is 1.41. The highest BCUT2D eigenvalue weighted by molar-refractivity contribution is 6.31. The van der Waals surface area contributed by atoms with Gasteiger partial charge in [-0.15, -0.1) is 0 Å². The van der Waals surface area contributed by atoms with Crippen LogP contribution in [0.4, 0.5) is 26.4 Å². The fourth-order valence-corrected chi connectivity index (χ4v) is 3.10. The van der Waals surface area contributed by atoms with E-state index in [1.807, 2.05) is 0 Å². The van der Waals surface area contributed by atoms with Gasteiger partial charge in [0.1, 0.15) is 17.0 Å². The molecule has 0 spiro atoms. The van der Waals surface area contributed by atoms with Crippen molar-refractivity contribution in [2.45, 2.75) is 18.9 Å². The molecule has 4 rings (SSSR count). The fraction of sp³-hybridized carbons (Fsp3) is 0.353. The van der Waals surface area contributed by atoms with E-state index in [2.05, 4.69) is 25.6 Å². The van der Waals surface area contributed by atoms with Crippen LogP contribution < -0.4 is 10.6 Å². The highest BCUT2D eigenvalue weighted by Crippen LogP contribution is 2.29. The number of benzene rings is 1. The van der Waals surface area contributed by atoms with Gasteiger partial charge in [0, 0.05) is 26.3 Å². The van der Waals surface area contributed by atoms with Crippen LogP contribution in [0.5, 0.6) is 0 Å². The van der Waals surface area contributed by atoms with Gasteiger partial charge in [0.15, 0.2) is 11.5 Å². The zero-order chi connectivity index (χ0) is 19.0. The second-order valence-electron chi connectivity index (χ2n) is 6.27. The highest BCUT2D eigenvalue weighted by atomic mass is 35.5. The number of aryl methyl sites for hydroxylation is 1. The second-order valence-corrected chi connectivity index (χ2v) is 6.68. The summed E-state index contributed by atoms with van der Waals surface area (Å²) < 4.78 is 35.1. The topological polar surface area (TPSA) is 76.9 Å². The first-order valence-electron chi connectivity index (χ1n) is 8.47. The largest absolute Gasteiger partial charge is 0.381 e. The molecule has 0 unspecified atom stereocenters. The number of imidazole rings is 1. The summed E-state index contributed by atoms with van der Waals surface area (Å²) in [7, 11) is 1.70. The van der Waals surface area contributed by atoms with Crippen molar-refractivity contribution < 1.29 is 13.5 Å². The highest BCUT2D eigenvalue weighted by Gasteiger charge is 2.18. The Balaban J connectivity index is 1.63. The minimum Gasteiger partial charge on any atom is -0.381 e. The Kier molecular flexibility index (Phi) is 4.79. The van der Waals surface area contributed by atoms with Crippen LogP contribution in [-0.4, -0.2) is 38.8 Å². The van der Waals surface area contributed by atoms with Gasteiger partial charge < -0.3 is 15.4 Å². The predicted octanol–water partition coefficient (Wildman–Crippen LogP) is 3.63. The summed E-state index contributed by atoms with van der Waals surface area (Å²) >= 11 is 5.74. The van der Waals surface area contributed by atoms with Crippen molar-refractivity contribution in [3.8, 4) is 0 Å². The zero-order valence-electron chi connectivity index (χ0n) is 14.5. The van der Waals surface area contributed by atoms with Gasteiger partial charge in [0.2, 0.25) is 11.9 Å². The standard InChI is InChI=1S/C17H17ClF2N6O/c1-26-15-12(8-21-16(25-15)22-9-4-6-27-7-5-9)23-17(26)24-14-11(19)3-2-10(18)13(14)20/h2-3,8-9H,4-7H2,1H3,(H,23,24)(H,21,22,25). The van der Waals surface area contributed by atoms with E-state index in [0.717, 1.165) is 25.0 Å². The number of nitrogens with zero attached hydrogens (tertiary/aromatic N) is 4. The molecular weight excluding hydrogens is 378 g/mol. The van der Waals surface area contributed by atoms with Gasteiger partial charge >= 0.3 is 0 Å². The molecule has 27 heavy (non-hydrogen) atoms. The van der Waals surface area contributed by atoms with E-state index in [4.69, 9.17) is 16.3 Å². The Morgan fingerprint density at radius 1 is 1.22 bits per heavy atom. The van der Waals surface area contributed by atoms with Crippen molar-refractivity contribution in [1.82, 2.24) is 19.5 Å².